The zero-order valence-electron chi connectivity index (χ0n) is 23.0. The van der Waals surface area contributed by atoms with Crippen LogP contribution in [-0.4, -0.2) is 0 Å². The third-order valence-electron chi connectivity index (χ3n) is 8.93. The fourth-order valence-corrected chi connectivity index (χ4v) is 7.10. The lowest BCUT2D eigenvalue weighted by atomic mass is 9.90. The molecule has 0 radical (unpaired) electrons. The van der Waals surface area contributed by atoms with Crippen LogP contribution in [0.4, 0.5) is 0 Å². The lowest BCUT2D eigenvalue weighted by Gasteiger charge is -2.22. The zero-order chi connectivity index (χ0) is 27.2. The van der Waals surface area contributed by atoms with Crippen LogP contribution >= 0.6 is 0 Å². The second-order valence-corrected chi connectivity index (χ2v) is 11.1. The van der Waals surface area contributed by atoms with Gasteiger partial charge in [0.1, 0.15) is 0 Å². The highest BCUT2D eigenvalue weighted by atomic mass is 15.2. The molecular formula is C38H32N3+3. The van der Waals surface area contributed by atoms with Crippen LogP contribution in [0, 0.1) is 0 Å². The number of rotatable bonds is 0. The van der Waals surface area contributed by atoms with Crippen molar-refractivity contribution in [1.29, 1.82) is 0 Å². The molecule has 0 aliphatic carbocycles. The van der Waals surface area contributed by atoms with Gasteiger partial charge in [-0.1, -0.05) is 54.6 Å². The molecule has 2 atom stereocenters. The smallest absolute Gasteiger partial charge is 0.191 e. The molecule has 3 nitrogen and oxygen atoms in total. The fraction of sp³-hybridized carbons (Fsp3) is 0.132. The lowest BCUT2D eigenvalue weighted by molar-refractivity contribution is -0.838. The number of aryl methyl sites for hydroxylation is 2. The van der Waals surface area contributed by atoms with E-state index in [4.69, 9.17) is 0 Å². The maximum atomic E-state index is 2.55. The Morgan fingerprint density at radius 1 is 0.439 bits per heavy atom. The summed E-state index contributed by atoms with van der Waals surface area (Å²) < 4.78 is 7.54. The average molecular weight is 531 g/mol. The molecule has 2 aliphatic rings. The number of aromatic nitrogens is 3. The fourth-order valence-electron chi connectivity index (χ4n) is 7.10. The van der Waals surface area contributed by atoms with E-state index >= 15 is 0 Å². The van der Waals surface area contributed by atoms with Gasteiger partial charge in [-0.3, -0.25) is 0 Å². The Hall–Kier alpha value is -4.89. The first kappa shape index (κ1) is 24.0. The summed E-state index contributed by atoms with van der Waals surface area (Å²) in [6, 6.07) is 47.1. The molecule has 196 valence electrons. The molecule has 6 aromatic rings. The summed E-state index contributed by atoms with van der Waals surface area (Å²) in [6.07, 6.45) is 8.81. The van der Waals surface area contributed by atoms with Crippen LogP contribution in [0.5, 0.6) is 0 Å². The van der Waals surface area contributed by atoms with Crippen LogP contribution in [-0.2, 0) is 19.4 Å². The maximum absolute atomic E-state index is 2.55. The van der Waals surface area contributed by atoms with Crippen molar-refractivity contribution in [1.82, 2.24) is 0 Å². The highest BCUT2D eigenvalue weighted by Crippen LogP contribution is 2.37. The first-order chi connectivity index (χ1) is 20.4. The zero-order valence-corrected chi connectivity index (χ0v) is 23.0. The van der Waals surface area contributed by atoms with Crippen LogP contribution in [0.3, 0.4) is 0 Å². The minimum Gasteiger partial charge on any atom is -0.191 e. The van der Waals surface area contributed by atoms with Crippen molar-refractivity contribution < 1.29 is 13.7 Å². The van der Waals surface area contributed by atoms with Gasteiger partial charge in [0.25, 0.3) is 12.1 Å². The van der Waals surface area contributed by atoms with E-state index in [9.17, 15) is 0 Å². The third-order valence-corrected chi connectivity index (χ3v) is 8.93. The molecule has 8 rings (SSSR count). The first-order valence-corrected chi connectivity index (χ1v) is 14.6. The summed E-state index contributed by atoms with van der Waals surface area (Å²) in [6.45, 7) is 0.850. The summed E-state index contributed by atoms with van der Waals surface area (Å²) in [5.74, 6) is 0. The van der Waals surface area contributed by atoms with Crippen molar-refractivity contribution in [2.75, 3.05) is 0 Å². The molecule has 1 unspecified atom stereocenters. The summed E-state index contributed by atoms with van der Waals surface area (Å²) in [5, 5.41) is 0. The van der Waals surface area contributed by atoms with Gasteiger partial charge in [0.2, 0.25) is 23.6 Å². The van der Waals surface area contributed by atoms with Gasteiger partial charge < -0.3 is 0 Å². The number of benzene rings is 3. The van der Waals surface area contributed by atoms with Gasteiger partial charge in [-0.05, 0) is 60.4 Å². The molecule has 0 bridgehead atoms. The van der Waals surface area contributed by atoms with Crippen molar-refractivity contribution in [2.24, 2.45) is 0 Å². The molecule has 3 aromatic carbocycles. The van der Waals surface area contributed by atoms with Crippen LogP contribution < -0.4 is 13.7 Å². The van der Waals surface area contributed by atoms with Gasteiger partial charge in [0.05, 0.1) is 5.56 Å². The monoisotopic (exact) mass is 530 g/mol. The summed E-state index contributed by atoms with van der Waals surface area (Å²) in [4.78, 5) is 0. The SMILES string of the molecule is c1ccc2c(c1)CCc1ccccc1-c1cccc[n+]1[C@H]1c3ccccc3-c3cccc[n+]3CC1[n+]1ccccc1-2. The van der Waals surface area contributed by atoms with Gasteiger partial charge in [0.15, 0.2) is 18.6 Å². The maximum Gasteiger partial charge on any atom is 0.282 e. The molecule has 0 N–H and O–H groups in total. The van der Waals surface area contributed by atoms with E-state index in [1.54, 1.807) is 0 Å². The predicted octanol–water partition coefficient (Wildman–Crippen LogP) is 6.49. The first-order valence-electron chi connectivity index (χ1n) is 14.6. The Labute approximate surface area is 241 Å². The molecule has 3 heteroatoms. The number of pyridine rings is 3. The van der Waals surface area contributed by atoms with E-state index in [0.29, 0.717) is 0 Å². The van der Waals surface area contributed by atoms with Crippen molar-refractivity contribution in [3.8, 4) is 33.8 Å². The third kappa shape index (κ3) is 4.00. The summed E-state index contributed by atoms with van der Waals surface area (Å²) in [7, 11) is 0. The van der Waals surface area contributed by atoms with Gasteiger partial charge in [-0.2, -0.15) is 13.7 Å². The minimum atomic E-state index is 0.0631. The molecular weight excluding hydrogens is 498 g/mol. The van der Waals surface area contributed by atoms with Crippen molar-refractivity contribution in [3.63, 3.8) is 0 Å². The predicted molar refractivity (Wildman–Crippen MR) is 161 cm³/mol. The molecule has 0 spiro atoms. The van der Waals surface area contributed by atoms with Gasteiger partial charge >= 0.3 is 0 Å². The largest absolute Gasteiger partial charge is 0.282 e. The van der Waals surface area contributed by atoms with Crippen LogP contribution in [0.1, 0.15) is 28.8 Å². The van der Waals surface area contributed by atoms with Gasteiger partial charge in [0, 0.05) is 53.1 Å². The van der Waals surface area contributed by atoms with E-state index in [1.807, 2.05) is 0 Å². The van der Waals surface area contributed by atoms with Gasteiger partial charge in [-0.25, -0.2) is 0 Å². The second-order valence-electron chi connectivity index (χ2n) is 11.1. The Morgan fingerprint density at radius 2 is 0.951 bits per heavy atom. The summed E-state index contributed by atoms with van der Waals surface area (Å²) >= 11 is 0. The van der Waals surface area contributed by atoms with Gasteiger partial charge in [-0.15, -0.1) is 0 Å². The van der Waals surface area contributed by atoms with Crippen molar-refractivity contribution >= 4 is 0 Å². The van der Waals surface area contributed by atoms with E-state index < -0.39 is 0 Å². The summed E-state index contributed by atoms with van der Waals surface area (Å²) in [5.41, 5.74) is 11.8. The molecule has 41 heavy (non-hydrogen) atoms. The van der Waals surface area contributed by atoms with E-state index in [0.717, 1.165) is 19.4 Å². The molecule has 2 aliphatic heterocycles. The Bertz CT molecular complexity index is 1910. The Balaban J connectivity index is 1.51. The Morgan fingerprint density at radius 3 is 1.66 bits per heavy atom. The quantitative estimate of drug-likeness (QED) is 0.199. The van der Waals surface area contributed by atoms with Crippen molar-refractivity contribution in [3.05, 3.63) is 163 Å². The Kier molecular flexibility index (Phi) is 5.81. The second kappa shape index (κ2) is 9.94. The highest BCUT2D eigenvalue weighted by molar-refractivity contribution is 5.65. The molecule has 5 heterocycles. The molecule has 0 fully saturated rings. The molecule has 0 saturated heterocycles. The number of hydrogen-bond acceptors (Lipinski definition) is 0. The van der Waals surface area contributed by atoms with E-state index in [2.05, 4.69) is 160 Å². The molecule has 0 amide bonds. The van der Waals surface area contributed by atoms with Crippen molar-refractivity contribution in [2.45, 2.75) is 31.5 Å². The number of fused-ring (bicyclic) bond motifs is 13. The number of nitrogens with zero attached hydrogens (tertiary/aromatic N) is 3. The average Bonchev–Trinajstić information content (AvgIpc) is 3.18. The number of hydrogen-bond donors (Lipinski definition) is 0. The minimum absolute atomic E-state index is 0.0631. The lowest BCUT2D eigenvalue weighted by Crippen LogP contribution is -2.58. The molecule has 3 aromatic heterocycles. The van der Waals surface area contributed by atoms with Crippen LogP contribution in [0.15, 0.2) is 146 Å². The van der Waals surface area contributed by atoms with E-state index in [-0.39, 0.29) is 12.1 Å². The highest BCUT2D eigenvalue weighted by Gasteiger charge is 2.48. The normalized spacial score (nSPS) is 17.0. The van der Waals surface area contributed by atoms with Crippen LogP contribution in [0.25, 0.3) is 33.8 Å². The van der Waals surface area contributed by atoms with E-state index in [1.165, 1.54) is 50.5 Å². The topological polar surface area (TPSA) is 11.6 Å². The molecule has 0 saturated carbocycles. The standard InChI is InChI=1S/C38H32N3/c1-3-15-30-28(13-1)22-23-29-14-2-4-16-31(29)36-21-9-12-26-41(36)38-33-18-6-5-17-32(33)34-19-7-10-24-39(34)27-37(38)40-25-11-8-20-35(30)40/h1-21,24-26,37-38H,22-23,27H2/q+3/t37?,38-/m0/s1. The van der Waals surface area contributed by atoms with Crippen LogP contribution in [0.2, 0.25) is 0 Å².